The molecule has 2 rings (SSSR count). The maximum absolute atomic E-state index is 13.0. The molecule has 0 unspecified atom stereocenters. The number of urea groups is 1. The van der Waals surface area contributed by atoms with Crippen LogP contribution in [0.25, 0.3) is 0 Å². The smallest absolute Gasteiger partial charge is 0.319 e. The molecule has 0 atom stereocenters. The number of hydrogen-bond acceptors (Lipinski definition) is 3. The molecule has 2 aromatic carbocycles. The number of primary sulfonamides is 1. The van der Waals surface area contributed by atoms with Gasteiger partial charge in [-0.15, -0.1) is 0 Å². The lowest BCUT2D eigenvalue weighted by Crippen LogP contribution is -2.28. The molecule has 116 valence electrons. The first-order chi connectivity index (χ1) is 10.3. The highest BCUT2D eigenvalue weighted by molar-refractivity contribution is 7.89. The Balaban J connectivity index is 1.98. The number of nitrogens with two attached hydrogens (primary N) is 1. The highest BCUT2D eigenvalue weighted by Crippen LogP contribution is 2.14. The fraction of sp³-hybridized carbons (Fsp3) is 0.0714. The second kappa shape index (κ2) is 6.54. The number of sulfonamides is 1. The minimum atomic E-state index is -3.83. The Morgan fingerprint density at radius 3 is 2.55 bits per heavy atom. The van der Waals surface area contributed by atoms with Gasteiger partial charge in [-0.1, -0.05) is 18.2 Å². The van der Waals surface area contributed by atoms with Gasteiger partial charge in [0.25, 0.3) is 0 Å². The number of rotatable bonds is 4. The summed E-state index contributed by atoms with van der Waals surface area (Å²) in [6.45, 7) is 0.137. The van der Waals surface area contributed by atoms with Crippen LogP contribution in [0.1, 0.15) is 5.56 Å². The first-order valence-corrected chi connectivity index (χ1v) is 7.81. The molecule has 0 aliphatic rings. The first kappa shape index (κ1) is 15.9. The Bertz CT molecular complexity index is 793. The molecule has 0 aromatic heterocycles. The van der Waals surface area contributed by atoms with Gasteiger partial charge in [0.15, 0.2) is 0 Å². The van der Waals surface area contributed by atoms with Gasteiger partial charge >= 0.3 is 6.03 Å². The highest BCUT2D eigenvalue weighted by atomic mass is 32.2. The fourth-order valence-corrected chi connectivity index (χ4v) is 2.31. The Hall–Kier alpha value is -2.45. The molecular formula is C14H14FN3O3S. The Labute approximate surface area is 127 Å². The molecule has 0 saturated heterocycles. The maximum atomic E-state index is 13.0. The van der Waals surface area contributed by atoms with Gasteiger partial charge in [-0.3, -0.25) is 0 Å². The summed E-state index contributed by atoms with van der Waals surface area (Å²) in [5.74, 6) is -0.388. The summed E-state index contributed by atoms with van der Waals surface area (Å²) >= 11 is 0. The van der Waals surface area contributed by atoms with Crippen molar-refractivity contribution in [3.05, 3.63) is 59.9 Å². The molecule has 0 fully saturated rings. The highest BCUT2D eigenvalue weighted by Gasteiger charge is 2.09. The molecule has 0 spiro atoms. The lowest BCUT2D eigenvalue weighted by atomic mass is 10.2. The number of carbonyl (C=O) groups excluding carboxylic acids is 1. The standard InChI is InChI=1S/C14H14FN3O3S/c15-11-4-1-3-10(7-11)9-17-14(19)18-12-5-2-6-13(8-12)22(16,20)21/h1-8H,9H2,(H2,16,20,21)(H2,17,18,19). The molecule has 0 saturated carbocycles. The number of carbonyl (C=O) groups is 1. The summed E-state index contributed by atoms with van der Waals surface area (Å²) in [6.07, 6.45) is 0. The quantitative estimate of drug-likeness (QED) is 0.799. The van der Waals surface area contributed by atoms with Crippen LogP contribution in [-0.2, 0) is 16.6 Å². The van der Waals surface area contributed by atoms with Crippen LogP contribution in [0, 0.1) is 5.82 Å². The van der Waals surface area contributed by atoms with Crippen LogP contribution in [0.2, 0.25) is 0 Å². The van der Waals surface area contributed by atoms with Crippen molar-refractivity contribution in [2.45, 2.75) is 11.4 Å². The number of hydrogen-bond donors (Lipinski definition) is 3. The summed E-state index contributed by atoms with van der Waals surface area (Å²) in [4.78, 5) is 11.6. The molecule has 0 radical (unpaired) electrons. The van der Waals surface area contributed by atoms with E-state index < -0.39 is 16.1 Å². The van der Waals surface area contributed by atoms with Crippen LogP contribution in [0.15, 0.2) is 53.4 Å². The SMILES string of the molecule is NS(=O)(=O)c1cccc(NC(=O)NCc2cccc(F)c2)c1. The van der Waals surface area contributed by atoms with Crippen molar-refractivity contribution < 1.29 is 17.6 Å². The Kier molecular flexibility index (Phi) is 4.74. The third kappa shape index (κ3) is 4.54. The van der Waals surface area contributed by atoms with Crippen LogP contribution in [0.3, 0.4) is 0 Å². The van der Waals surface area contributed by atoms with E-state index >= 15 is 0 Å². The van der Waals surface area contributed by atoms with Crippen LogP contribution < -0.4 is 15.8 Å². The van der Waals surface area contributed by atoms with Crippen molar-refractivity contribution in [1.29, 1.82) is 0 Å². The topological polar surface area (TPSA) is 101 Å². The van der Waals surface area contributed by atoms with E-state index in [0.717, 1.165) is 0 Å². The molecule has 0 heterocycles. The molecule has 0 bridgehead atoms. The van der Waals surface area contributed by atoms with E-state index in [4.69, 9.17) is 5.14 Å². The largest absolute Gasteiger partial charge is 0.334 e. The van der Waals surface area contributed by atoms with E-state index in [1.807, 2.05) is 0 Å². The lowest BCUT2D eigenvalue weighted by Gasteiger charge is -2.08. The van der Waals surface area contributed by atoms with Crippen LogP contribution in [0.5, 0.6) is 0 Å². The van der Waals surface area contributed by atoms with Crippen LogP contribution >= 0.6 is 0 Å². The van der Waals surface area contributed by atoms with E-state index in [0.29, 0.717) is 5.56 Å². The molecule has 8 heteroatoms. The molecule has 6 nitrogen and oxygen atoms in total. The number of anilines is 1. The first-order valence-electron chi connectivity index (χ1n) is 6.27. The molecule has 0 aliphatic heterocycles. The van der Waals surface area contributed by atoms with E-state index in [1.165, 1.54) is 36.4 Å². The summed E-state index contributed by atoms with van der Waals surface area (Å²) in [5, 5.41) is 10.0. The van der Waals surface area contributed by atoms with Gasteiger partial charge in [0.2, 0.25) is 10.0 Å². The third-order valence-electron chi connectivity index (χ3n) is 2.76. The molecule has 4 N–H and O–H groups in total. The van der Waals surface area contributed by atoms with Crippen molar-refractivity contribution in [3.63, 3.8) is 0 Å². The average molecular weight is 323 g/mol. The Morgan fingerprint density at radius 2 is 1.86 bits per heavy atom. The third-order valence-corrected chi connectivity index (χ3v) is 3.67. The van der Waals surface area contributed by atoms with Gasteiger partial charge in [0.1, 0.15) is 5.82 Å². The predicted octanol–water partition coefficient (Wildman–Crippen LogP) is 1.79. The molecular weight excluding hydrogens is 309 g/mol. The van der Waals surface area contributed by atoms with Gasteiger partial charge in [0.05, 0.1) is 4.90 Å². The van der Waals surface area contributed by atoms with E-state index in [9.17, 15) is 17.6 Å². The monoisotopic (exact) mass is 323 g/mol. The number of benzene rings is 2. The maximum Gasteiger partial charge on any atom is 0.319 e. The van der Waals surface area contributed by atoms with E-state index in [-0.39, 0.29) is 22.9 Å². The van der Waals surface area contributed by atoms with Crippen molar-refractivity contribution in [1.82, 2.24) is 5.32 Å². The molecule has 0 aliphatic carbocycles. The summed E-state index contributed by atoms with van der Waals surface area (Å²) in [5.41, 5.74) is 0.886. The minimum Gasteiger partial charge on any atom is -0.334 e. The van der Waals surface area contributed by atoms with Crippen molar-refractivity contribution in [3.8, 4) is 0 Å². The number of halogens is 1. The normalized spacial score (nSPS) is 11.0. The lowest BCUT2D eigenvalue weighted by molar-refractivity contribution is 0.251. The fourth-order valence-electron chi connectivity index (χ4n) is 1.76. The van der Waals surface area contributed by atoms with Gasteiger partial charge in [0, 0.05) is 12.2 Å². The number of amides is 2. The zero-order chi connectivity index (χ0) is 16.2. The van der Waals surface area contributed by atoms with Gasteiger partial charge in [-0.25, -0.2) is 22.7 Å². The minimum absolute atomic E-state index is 0.101. The van der Waals surface area contributed by atoms with Crippen molar-refractivity contribution in [2.75, 3.05) is 5.32 Å². The predicted molar refractivity (Wildman–Crippen MR) is 80.1 cm³/mol. The Morgan fingerprint density at radius 1 is 1.14 bits per heavy atom. The van der Waals surface area contributed by atoms with Crippen LogP contribution in [0.4, 0.5) is 14.9 Å². The van der Waals surface area contributed by atoms with E-state index in [1.54, 1.807) is 12.1 Å². The zero-order valence-electron chi connectivity index (χ0n) is 11.4. The molecule has 22 heavy (non-hydrogen) atoms. The van der Waals surface area contributed by atoms with Crippen molar-refractivity contribution in [2.24, 2.45) is 5.14 Å². The van der Waals surface area contributed by atoms with Gasteiger partial charge in [-0.2, -0.15) is 0 Å². The second-order valence-electron chi connectivity index (χ2n) is 4.51. The summed E-state index contributed by atoms with van der Waals surface area (Å²) in [7, 11) is -3.83. The second-order valence-corrected chi connectivity index (χ2v) is 6.07. The van der Waals surface area contributed by atoms with E-state index in [2.05, 4.69) is 10.6 Å². The van der Waals surface area contributed by atoms with Crippen LogP contribution in [-0.4, -0.2) is 14.4 Å². The summed E-state index contributed by atoms with van der Waals surface area (Å²) in [6, 6.07) is 10.8. The van der Waals surface area contributed by atoms with Gasteiger partial charge in [-0.05, 0) is 35.9 Å². The van der Waals surface area contributed by atoms with Gasteiger partial charge < -0.3 is 10.6 Å². The zero-order valence-corrected chi connectivity index (χ0v) is 12.2. The summed E-state index contributed by atoms with van der Waals surface area (Å²) < 4.78 is 35.5. The van der Waals surface area contributed by atoms with Crippen molar-refractivity contribution >= 4 is 21.7 Å². The molecule has 2 aromatic rings. The average Bonchev–Trinajstić information content (AvgIpc) is 2.45. The number of nitrogens with one attached hydrogen (secondary N) is 2. The molecule has 2 amide bonds.